The molecule has 4 nitrogen and oxygen atoms in total. The van der Waals surface area contributed by atoms with Crippen LogP contribution in [0, 0.1) is 17.8 Å². The normalized spacial score (nSPS) is 20.0. The Balaban J connectivity index is 2.12. The first-order valence-corrected chi connectivity index (χ1v) is 12.2. The molecule has 0 amide bonds. The van der Waals surface area contributed by atoms with Crippen molar-refractivity contribution in [3.63, 3.8) is 0 Å². The van der Waals surface area contributed by atoms with Crippen LogP contribution >= 0.6 is 0 Å². The minimum Gasteiger partial charge on any atom is -0.481 e. The molecule has 0 saturated heterocycles. The highest BCUT2D eigenvalue weighted by molar-refractivity contribution is 5.81. The van der Waals surface area contributed by atoms with Crippen LogP contribution in [0.5, 0.6) is 0 Å². The van der Waals surface area contributed by atoms with Crippen LogP contribution in [0.15, 0.2) is 0 Å². The first kappa shape index (κ1) is 26.0. The quantitative estimate of drug-likeness (QED) is 0.230. The number of hydrogen-bond donors (Lipinski definition) is 1. The van der Waals surface area contributed by atoms with E-state index < -0.39 is 23.4 Å². The number of aliphatic carboxylic acids is 1. The number of rotatable bonds is 15. The maximum atomic E-state index is 12.6. The predicted octanol–water partition coefficient (Wildman–Crippen LogP) is 7.15. The summed E-state index contributed by atoms with van der Waals surface area (Å²) in [7, 11) is 0. The molecule has 1 saturated carbocycles. The Morgan fingerprint density at radius 1 is 0.862 bits per heavy atom. The maximum Gasteiger partial charge on any atom is 0.310 e. The van der Waals surface area contributed by atoms with Gasteiger partial charge in [0.15, 0.2) is 0 Å². The van der Waals surface area contributed by atoms with E-state index in [0.717, 1.165) is 31.6 Å². The Morgan fingerprint density at radius 2 is 1.34 bits per heavy atom. The summed E-state index contributed by atoms with van der Waals surface area (Å²) in [4.78, 5) is 24.0. The lowest BCUT2D eigenvalue weighted by molar-refractivity contribution is -0.170. The topological polar surface area (TPSA) is 63.6 Å². The van der Waals surface area contributed by atoms with Gasteiger partial charge in [0.2, 0.25) is 0 Å². The molecule has 4 heteroatoms. The SMILES string of the molecule is CC(C)CCCCCCCCCCCC(C)(C)OC(=O)C1CCCCC1C(=O)O. The van der Waals surface area contributed by atoms with E-state index >= 15 is 0 Å². The summed E-state index contributed by atoms with van der Waals surface area (Å²) < 4.78 is 5.75. The molecule has 2 atom stereocenters. The van der Waals surface area contributed by atoms with Crippen molar-refractivity contribution >= 4 is 11.9 Å². The zero-order chi connectivity index (χ0) is 21.7. The summed E-state index contributed by atoms with van der Waals surface area (Å²) in [6.45, 7) is 8.51. The summed E-state index contributed by atoms with van der Waals surface area (Å²) in [6.07, 6.45) is 16.8. The van der Waals surface area contributed by atoms with Gasteiger partial charge in [-0.3, -0.25) is 9.59 Å². The van der Waals surface area contributed by atoms with Gasteiger partial charge >= 0.3 is 11.9 Å². The van der Waals surface area contributed by atoms with E-state index in [2.05, 4.69) is 13.8 Å². The van der Waals surface area contributed by atoms with Gasteiger partial charge in [0, 0.05) is 0 Å². The average molecular weight is 411 g/mol. The molecule has 2 unspecified atom stereocenters. The Kier molecular flexibility index (Phi) is 12.6. The fraction of sp³-hybridized carbons (Fsp3) is 0.920. The van der Waals surface area contributed by atoms with Crippen molar-refractivity contribution in [3.05, 3.63) is 0 Å². The zero-order valence-corrected chi connectivity index (χ0v) is 19.5. The molecule has 1 aliphatic carbocycles. The second-order valence-corrected chi connectivity index (χ2v) is 10.1. The van der Waals surface area contributed by atoms with Crippen LogP contribution in [-0.4, -0.2) is 22.6 Å². The van der Waals surface area contributed by atoms with Gasteiger partial charge in [-0.2, -0.15) is 0 Å². The van der Waals surface area contributed by atoms with E-state index in [9.17, 15) is 14.7 Å². The van der Waals surface area contributed by atoms with Gasteiger partial charge in [-0.05, 0) is 45.4 Å². The first-order chi connectivity index (χ1) is 13.7. The van der Waals surface area contributed by atoms with E-state index in [4.69, 9.17) is 4.74 Å². The molecule has 0 aromatic carbocycles. The number of carboxylic acid groups (broad SMARTS) is 1. The molecule has 170 valence electrons. The number of hydrogen-bond acceptors (Lipinski definition) is 3. The second kappa shape index (κ2) is 14.0. The molecule has 0 aromatic heterocycles. The molecule has 0 bridgehead atoms. The number of carbonyl (C=O) groups excluding carboxylic acids is 1. The summed E-state index contributed by atoms with van der Waals surface area (Å²) in [5, 5.41) is 9.37. The third-order valence-electron chi connectivity index (χ3n) is 6.32. The summed E-state index contributed by atoms with van der Waals surface area (Å²) in [6, 6.07) is 0. The maximum absolute atomic E-state index is 12.6. The van der Waals surface area contributed by atoms with Crippen LogP contribution in [0.2, 0.25) is 0 Å². The molecule has 1 N–H and O–H groups in total. The number of carbonyl (C=O) groups is 2. The van der Waals surface area contributed by atoms with Crippen molar-refractivity contribution in [3.8, 4) is 0 Å². The van der Waals surface area contributed by atoms with Gasteiger partial charge in [-0.15, -0.1) is 0 Å². The fourth-order valence-corrected chi connectivity index (χ4v) is 4.45. The highest BCUT2D eigenvalue weighted by Crippen LogP contribution is 2.33. The van der Waals surface area contributed by atoms with Gasteiger partial charge in [0.05, 0.1) is 11.8 Å². The van der Waals surface area contributed by atoms with Crippen molar-refractivity contribution in [2.75, 3.05) is 0 Å². The monoisotopic (exact) mass is 410 g/mol. The van der Waals surface area contributed by atoms with Gasteiger partial charge in [-0.25, -0.2) is 0 Å². The molecule has 29 heavy (non-hydrogen) atoms. The van der Waals surface area contributed by atoms with E-state index in [1.165, 1.54) is 57.8 Å². The average Bonchev–Trinajstić information content (AvgIpc) is 2.65. The third kappa shape index (κ3) is 11.6. The zero-order valence-electron chi connectivity index (χ0n) is 19.5. The van der Waals surface area contributed by atoms with Gasteiger partial charge < -0.3 is 9.84 Å². The predicted molar refractivity (Wildman–Crippen MR) is 119 cm³/mol. The summed E-state index contributed by atoms with van der Waals surface area (Å²) in [5.41, 5.74) is -0.506. The molecular weight excluding hydrogens is 364 g/mol. The van der Waals surface area contributed by atoms with Crippen molar-refractivity contribution < 1.29 is 19.4 Å². The smallest absolute Gasteiger partial charge is 0.310 e. The van der Waals surface area contributed by atoms with Crippen LogP contribution in [0.3, 0.4) is 0 Å². The van der Waals surface area contributed by atoms with Gasteiger partial charge in [0.25, 0.3) is 0 Å². The molecule has 1 fully saturated rings. The number of carboxylic acids is 1. The number of ether oxygens (including phenoxy) is 1. The van der Waals surface area contributed by atoms with Crippen molar-refractivity contribution in [2.45, 2.75) is 130 Å². The molecular formula is C25H46O4. The fourth-order valence-electron chi connectivity index (χ4n) is 4.45. The Morgan fingerprint density at radius 3 is 1.86 bits per heavy atom. The Bertz CT molecular complexity index is 469. The molecule has 1 rings (SSSR count). The van der Waals surface area contributed by atoms with E-state index in [1.54, 1.807) is 0 Å². The standard InChI is InChI=1S/C25H46O4/c1-20(2)16-12-10-8-6-5-7-9-11-15-19-25(3,4)29-24(28)22-18-14-13-17-21(22)23(26)27/h20-22H,5-19H2,1-4H3,(H,26,27). The van der Waals surface area contributed by atoms with Crippen LogP contribution in [0.1, 0.15) is 124 Å². The molecule has 0 aromatic rings. The first-order valence-electron chi connectivity index (χ1n) is 12.2. The lowest BCUT2D eigenvalue weighted by Gasteiger charge is -2.32. The van der Waals surface area contributed by atoms with Crippen molar-refractivity contribution in [1.82, 2.24) is 0 Å². The number of esters is 1. The van der Waals surface area contributed by atoms with Gasteiger partial charge in [-0.1, -0.05) is 84.5 Å². The van der Waals surface area contributed by atoms with Gasteiger partial charge in [0.1, 0.15) is 5.60 Å². The molecule has 0 radical (unpaired) electrons. The summed E-state index contributed by atoms with van der Waals surface area (Å²) in [5.74, 6) is -1.37. The molecule has 0 aliphatic heterocycles. The van der Waals surface area contributed by atoms with Crippen LogP contribution in [0.25, 0.3) is 0 Å². The minimum absolute atomic E-state index is 0.306. The minimum atomic E-state index is -0.857. The highest BCUT2D eigenvalue weighted by atomic mass is 16.6. The largest absolute Gasteiger partial charge is 0.481 e. The van der Waals surface area contributed by atoms with Crippen LogP contribution in [-0.2, 0) is 14.3 Å². The summed E-state index contributed by atoms with van der Waals surface area (Å²) >= 11 is 0. The highest BCUT2D eigenvalue weighted by Gasteiger charge is 2.38. The Labute approximate surface area is 179 Å². The lowest BCUT2D eigenvalue weighted by atomic mass is 9.79. The third-order valence-corrected chi connectivity index (χ3v) is 6.32. The Hall–Kier alpha value is -1.06. The second-order valence-electron chi connectivity index (χ2n) is 10.1. The van der Waals surface area contributed by atoms with E-state index in [-0.39, 0.29) is 5.97 Å². The van der Waals surface area contributed by atoms with Crippen molar-refractivity contribution in [1.29, 1.82) is 0 Å². The van der Waals surface area contributed by atoms with Crippen molar-refractivity contribution in [2.24, 2.45) is 17.8 Å². The van der Waals surface area contributed by atoms with Crippen LogP contribution in [0.4, 0.5) is 0 Å². The molecule has 1 aliphatic rings. The van der Waals surface area contributed by atoms with E-state index in [0.29, 0.717) is 12.8 Å². The van der Waals surface area contributed by atoms with E-state index in [1.807, 2.05) is 13.8 Å². The molecule has 0 heterocycles. The van der Waals surface area contributed by atoms with Crippen LogP contribution < -0.4 is 0 Å². The molecule has 0 spiro atoms. The number of unbranched alkanes of at least 4 members (excludes halogenated alkanes) is 8. The lowest BCUT2D eigenvalue weighted by Crippen LogP contribution is -2.38.